The quantitative estimate of drug-likeness (QED) is 0.435. The smallest absolute Gasteiger partial charge is 0.338 e. The van der Waals surface area contributed by atoms with E-state index in [2.05, 4.69) is 27.4 Å². The number of esters is 1. The predicted molar refractivity (Wildman–Crippen MR) is 135 cm³/mol. The molecule has 170 valence electrons. The van der Waals surface area contributed by atoms with E-state index < -0.39 is 5.97 Å². The van der Waals surface area contributed by atoms with Crippen molar-refractivity contribution in [1.82, 2.24) is 10.2 Å². The molecule has 0 spiro atoms. The molecule has 0 atom stereocenters. The summed E-state index contributed by atoms with van der Waals surface area (Å²) >= 11 is 4.48. The van der Waals surface area contributed by atoms with Crippen LogP contribution in [0.1, 0.15) is 43.2 Å². The number of hydrogen-bond acceptors (Lipinski definition) is 9. The summed E-state index contributed by atoms with van der Waals surface area (Å²) in [6.45, 7) is 2.88. The summed E-state index contributed by atoms with van der Waals surface area (Å²) in [6.07, 6.45) is 0.935. The standard InChI is InChI=1S/C23H22N4O3S3/c1-2-15-7-9-17(10-8-15)25-20(28)21-27-26-19(33-21)13-30-22(29)18-6-4-3-5-16(18)14-32-23-24-11-12-31-23/h3-10H,2,11-14H2,1H3,(H,25,28). The lowest BCUT2D eigenvalue weighted by atomic mass is 10.1. The third-order valence-electron chi connectivity index (χ3n) is 4.75. The largest absolute Gasteiger partial charge is 0.455 e. The van der Waals surface area contributed by atoms with Crippen LogP contribution >= 0.6 is 34.9 Å². The highest BCUT2D eigenvalue weighted by molar-refractivity contribution is 8.38. The molecule has 2 aromatic carbocycles. The highest BCUT2D eigenvalue weighted by Gasteiger charge is 2.17. The van der Waals surface area contributed by atoms with E-state index in [-0.39, 0.29) is 17.5 Å². The Hall–Kier alpha value is -2.69. The van der Waals surface area contributed by atoms with E-state index in [1.54, 1.807) is 29.6 Å². The van der Waals surface area contributed by atoms with Gasteiger partial charge in [0.2, 0.25) is 5.01 Å². The summed E-state index contributed by atoms with van der Waals surface area (Å²) in [4.78, 5) is 29.6. The Balaban J connectivity index is 1.32. The van der Waals surface area contributed by atoms with E-state index in [1.807, 2.05) is 42.5 Å². The van der Waals surface area contributed by atoms with Crippen LogP contribution in [0.25, 0.3) is 0 Å². The van der Waals surface area contributed by atoms with E-state index in [9.17, 15) is 9.59 Å². The lowest BCUT2D eigenvalue weighted by Crippen LogP contribution is -2.11. The van der Waals surface area contributed by atoms with Crippen LogP contribution in [-0.4, -0.2) is 38.7 Å². The molecule has 1 N–H and O–H groups in total. The number of amides is 1. The summed E-state index contributed by atoms with van der Waals surface area (Å²) in [5.74, 6) is 0.896. The first kappa shape index (κ1) is 23.5. The first-order chi connectivity index (χ1) is 16.1. The molecule has 0 saturated carbocycles. The molecule has 2 heterocycles. The number of aromatic nitrogens is 2. The van der Waals surface area contributed by atoms with Gasteiger partial charge in [0.15, 0.2) is 5.01 Å². The van der Waals surface area contributed by atoms with Crippen molar-refractivity contribution in [2.24, 2.45) is 4.99 Å². The van der Waals surface area contributed by atoms with E-state index >= 15 is 0 Å². The van der Waals surface area contributed by atoms with Gasteiger partial charge in [0.25, 0.3) is 5.91 Å². The number of aliphatic imine (C=N–C) groups is 1. The fraction of sp³-hybridized carbons (Fsp3) is 0.261. The Morgan fingerprint density at radius 3 is 2.70 bits per heavy atom. The van der Waals surface area contributed by atoms with Crippen molar-refractivity contribution >= 4 is 56.8 Å². The third-order valence-corrected chi connectivity index (χ3v) is 7.95. The zero-order valence-electron chi connectivity index (χ0n) is 17.9. The number of rotatable bonds is 8. The molecule has 0 bridgehead atoms. The Bertz CT molecular complexity index is 1160. The van der Waals surface area contributed by atoms with Crippen molar-refractivity contribution in [3.63, 3.8) is 0 Å². The fourth-order valence-electron chi connectivity index (χ4n) is 3.00. The molecule has 0 saturated heterocycles. The second-order valence-electron chi connectivity index (χ2n) is 7.02. The fourth-order valence-corrected chi connectivity index (χ4v) is 5.67. The van der Waals surface area contributed by atoms with Crippen LogP contribution in [0.5, 0.6) is 0 Å². The van der Waals surface area contributed by atoms with Gasteiger partial charge in [-0.2, -0.15) is 0 Å². The highest BCUT2D eigenvalue weighted by Crippen LogP contribution is 2.27. The average molecular weight is 499 g/mol. The van der Waals surface area contributed by atoms with Crippen LogP contribution in [0.3, 0.4) is 0 Å². The van der Waals surface area contributed by atoms with Gasteiger partial charge in [-0.3, -0.25) is 9.79 Å². The molecule has 10 heteroatoms. The monoisotopic (exact) mass is 498 g/mol. The number of nitrogens with zero attached hydrogens (tertiary/aromatic N) is 3. The first-order valence-corrected chi connectivity index (χ1v) is 13.2. The molecule has 1 aliphatic heterocycles. The molecule has 1 aliphatic rings. The number of ether oxygens (including phenoxy) is 1. The van der Waals surface area contributed by atoms with Gasteiger partial charge in [-0.05, 0) is 35.7 Å². The van der Waals surface area contributed by atoms with Crippen molar-refractivity contribution in [2.45, 2.75) is 25.7 Å². The number of carbonyl (C=O) groups is 2. The van der Waals surface area contributed by atoms with E-state index in [4.69, 9.17) is 4.74 Å². The number of thioether (sulfide) groups is 2. The van der Waals surface area contributed by atoms with Crippen LogP contribution < -0.4 is 5.32 Å². The summed E-state index contributed by atoms with van der Waals surface area (Å²) in [5.41, 5.74) is 3.30. The van der Waals surface area contributed by atoms with Crippen molar-refractivity contribution < 1.29 is 14.3 Å². The van der Waals surface area contributed by atoms with Crippen molar-refractivity contribution in [2.75, 3.05) is 17.6 Å². The Labute approximate surface area is 204 Å². The second-order valence-corrected chi connectivity index (χ2v) is 10.4. The van der Waals surface area contributed by atoms with Crippen molar-refractivity contribution in [1.29, 1.82) is 0 Å². The number of nitrogens with one attached hydrogen (secondary N) is 1. The molecule has 0 radical (unpaired) electrons. The zero-order valence-corrected chi connectivity index (χ0v) is 20.4. The van der Waals surface area contributed by atoms with E-state index in [1.165, 1.54) is 5.56 Å². The molecule has 1 amide bonds. The maximum atomic E-state index is 12.7. The molecule has 0 unspecified atom stereocenters. The predicted octanol–water partition coefficient (Wildman–Crippen LogP) is 5.05. The Morgan fingerprint density at radius 1 is 1.12 bits per heavy atom. The first-order valence-electron chi connectivity index (χ1n) is 10.4. The lowest BCUT2D eigenvalue weighted by Gasteiger charge is -2.08. The zero-order chi connectivity index (χ0) is 23.0. The van der Waals surface area contributed by atoms with Gasteiger partial charge in [-0.25, -0.2) is 4.79 Å². The average Bonchev–Trinajstić information content (AvgIpc) is 3.54. The van der Waals surface area contributed by atoms with Crippen molar-refractivity contribution in [3.05, 3.63) is 75.2 Å². The van der Waals surface area contributed by atoms with E-state index in [0.29, 0.717) is 22.0 Å². The van der Waals surface area contributed by atoms with Gasteiger partial charge in [0.1, 0.15) is 11.0 Å². The summed E-state index contributed by atoms with van der Waals surface area (Å²) < 4.78 is 6.51. The molecule has 3 aromatic rings. The third kappa shape index (κ3) is 6.43. The second kappa shape index (κ2) is 11.4. The number of carbonyl (C=O) groups excluding carboxylic acids is 2. The van der Waals surface area contributed by atoms with Crippen LogP contribution in [0.4, 0.5) is 5.69 Å². The SMILES string of the molecule is CCc1ccc(NC(=O)c2nnc(COC(=O)c3ccccc3CSC3=NCCS3)s2)cc1. The molecule has 7 nitrogen and oxygen atoms in total. The summed E-state index contributed by atoms with van der Waals surface area (Å²) in [6, 6.07) is 15.0. The van der Waals surface area contributed by atoms with Gasteiger partial charge in [0.05, 0.1) is 12.1 Å². The van der Waals surface area contributed by atoms with Crippen molar-refractivity contribution in [3.8, 4) is 0 Å². The minimum absolute atomic E-state index is 0.0426. The molecule has 4 rings (SSSR count). The van der Waals surface area contributed by atoms with Gasteiger partial charge in [-0.1, -0.05) is 72.1 Å². The van der Waals surface area contributed by atoms with Crippen LogP contribution in [0, 0.1) is 0 Å². The number of hydrogen-bond donors (Lipinski definition) is 1. The number of anilines is 1. The normalized spacial score (nSPS) is 12.9. The minimum atomic E-state index is -0.426. The Morgan fingerprint density at radius 2 is 1.94 bits per heavy atom. The summed E-state index contributed by atoms with van der Waals surface area (Å²) in [7, 11) is 0. The summed E-state index contributed by atoms with van der Waals surface area (Å²) in [5, 5.41) is 11.4. The van der Waals surface area contributed by atoms with Gasteiger partial charge in [0, 0.05) is 17.2 Å². The lowest BCUT2D eigenvalue weighted by molar-refractivity contribution is 0.0470. The van der Waals surface area contributed by atoms with Crippen LogP contribution in [-0.2, 0) is 23.5 Å². The molecule has 1 aromatic heterocycles. The maximum Gasteiger partial charge on any atom is 0.338 e. The number of aryl methyl sites for hydroxylation is 1. The van der Waals surface area contributed by atoms with Gasteiger partial charge in [-0.15, -0.1) is 10.2 Å². The molecular weight excluding hydrogens is 476 g/mol. The molecule has 0 aliphatic carbocycles. The topological polar surface area (TPSA) is 93.5 Å². The Kier molecular flexibility index (Phi) is 8.14. The highest BCUT2D eigenvalue weighted by atomic mass is 32.2. The minimum Gasteiger partial charge on any atom is -0.455 e. The van der Waals surface area contributed by atoms with Crippen LogP contribution in [0.2, 0.25) is 0 Å². The maximum absolute atomic E-state index is 12.7. The van der Waals surface area contributed by atoms with Crippen LogP contribution in [0.15, 0.2) is 53.5 Å². The molecule has 0 fully saturated rings. The van der Waals surface area contributed by atoms with E-state index in [0.717, 1.165) is 40.0 Å². The molecular formula is C23H22N4O3S3. The molecule has 33 heavy (non-hydrogen) atoms. The van der Waals surface area contributed by atoms with Gasteiger partial charge < -0.3 is 10.1 Å². The van der Waals surface area contributed by atoms with Gasteiger partial charge >= 0.3 is 5.97 Å². The number of benzene rings is 2.